The summed E-state index contributed by atoms with van der Waals surface area (Å²) in [4.78, 5) is 54.2. The molecular formula is C24H24N4O5. The Morgan fingerprint density at radius 3 is 2.42 bits per heavy atom. The molecule has 0 radical (unpaired) electrons. The van der Waals surface area contributed by atoms with E-state index in [0.29, 0.717) is 29.0 Å². The van der Waals surface area contributed by atoms with Crippen LogP contribution in [-0.2, 0) is 16.9 Å². The highest BCUT2D eigenvalue weighted by Gasteiger charge is 2.50. The third kappa shape index (κ3) is 3.49. The molecule has 170 valence electrons. The minimum absolute atomic E-state index is 0.0418. The normalized spacial score (nSPS) is 21.8. The van der Waals surface area contributed by atoms with Crippen molar-refractivity contribution < 1.29 is 23.9 Å². The first-order valence-electron chi connectivity index (χ1n) is 10.9. The monoisotopic (exact) mass is 448 g/mol. The quantitative estimate of drug-likeness (QED) is 0.676. The molecule has 3 aliphatic heterocycles. The van der Waals surface area contributed by atoms with Gasteiger partial charge in [0.05, 0.1) is 13.7 Å². The minimum atomic E-state index is -1.45. The minimum Gasteiger partial charge on any atom is -0.497 e. The van der Waals surface area contributed by atoms with Crippen LogP contribution >= 0.6 is 0 Å². The number of fused-ring (bicyclic) bond motifs is 1. The van der Waals surface area contributed by atoms with Crippen LogP contribution in [0.15, 0.2) is 42.5 Å². The Morgan fingerprint density at radius 2 is 1.79 bits per heavy atom. The zero-order chi connectivity index (χ0) is 23.2. The molecule has 5 amide bonds. The number of carbonyl (C=O) groups excluding carboxylic acids is 4. The summed E-state index contributed by atoms with van der Waals surface area (Å²) in [5, 5.41) is 5.01. The Bertz CT molecular complexity index is 1160. The molecule has 5 rings (SSSR count). The number of nitrogens with one attached hydrogen (secondary N) is 2. The van der Waals surface area contributed by atoms with Gasteiger partial charge in [-0.25, -0.2) is 4.79 Å². The van der Waals surface area contributed by atoms with Crippen LogP contribution in [0.5, 0.6) is 5.75 Å². The predicted molar refractivity (Wildman–Crippen MR) is 118 cm³/mol. The average Bonchev–Trinajstić information content (AvgIpc) is 3.53. The smallest absolute Gasteiger partial charge is 0.322 e. The Labute approximate surface area is 190 Å². The van der Waals surface area contributed by atoms with E-state index in [1.165, 1.54) is 7.11 Å². The molecular weight excluding hydrogens is 424 g/mol. The van der Waals surface area contributed by atoms with Gasteiger partial charge in [-0.2, -0.15) is 0 Å². The highest BCUT2D eigenvalue weighted by atomic mass is 16.5. The van der Waals surface area contributed by atoms with Crippen molar-refractivity contribution in [2.45, 2.75) is 24.9 Å². The van der Waals surface area contributed by atoms with E-state index in [-0.39, 0.29) is 18.4 Å². The molecule has 9 heteroatoms. The SMILES string of the molecule is COc1ccc2c(c1)C(=O)N(C[C@@]1(c3ccc(C(=O)N4CCCC4)cc3)NC(=O)NC1=O)C2. The largest absolute Gasteiger partial charge is 0.497 e. The summed E-state index contributed by atoms with van der Waals surface area (Å²) >= 11 is 0. The number of nitrogens with zero attached hydrogens (tertiary/aromatic N) is 2. The van der Waals surface area contributed by atoms with Crippen molar-refractivity contribution in [3.63, 3.8) is 0 Å². The number of hydrogen-bond acceptors (Lipinski definition) is 5. The first kappa shape index (κ1) is 21.0. The van der Waals surface area contributed by atoms with Gasteiger partial charge < -0.3 is 19.9 Å². The molecule has 2 N–H and O–H groups in total. The second-order valence-corrected chi connectivity index (χ2v) is 8.57. The van der Waals surface area contributed by atoms with Crippen molar-refractivity contribution in [1.29, 1.82) is 0 Å². The lowest BCUT2D eigenvalue weighted by Crippen LogP contribution is -2.52. The summed E-state index contributed by atoms with van der Waals surface area (Å²) in [6.07, 6.45) is 1.99. The molecule has 0 aliphatic carbocycles. The molecule has 0 spiro atoms. The number of imide groups is 1. The van der Waals surface area contributed by atoms with Crippen LogP contribution in [0.25, 0.3) is 0 Å². The summed E-state index contributed by atoms with van der Waals surface area (Å²) in [5.74, 6) is -0.249. The molecule has 2 fully saturated rings. The summed E-state index contributed by atoms with van der Waals surface area (Å²) in [6, 6.07) is 11.3. The Hall–Kier alpha value is -3.88. The van der Waals surface area contributed by atoms with Crippen molar-refractivity contribution in [2.24, 2.45) is 0 Å². The second kappa shape index (κ2) is 7.91. The van der Waals surface area contributed by atoms with Gasteiger partial charge in [-0.3, -0.25) is 19.7 Å². The van der Waals surface area contributed by atoms with Gasteiger partial charge in [-0.05, 0) is 48.2 Å². The molecule has 3 heterocycles. The predicted octanol–water partition coefficient (Wildman–Crippen LogP) is 1.62. The molecule has 2 saturated heterocycles. The van der Waals surface area contributed by atoms with Gasteiger partial charge in [-0.15, -0.1) is 0 Å². The highest BCUT2D eigenvalue weighted by molar-refractivity contribution is 6.08. The summed E-state index contributed by atoms with van der Waals surface area (Å²) < 4.78 is 5.22. The fraction of sp³-hybridized carbons (Fsp3) is 0.333. The zero-order valence-corrected chi connectivity index (χ0v) is 18.2. The van der Waals surface area contributed by atoms with E-state index in [1.54, 1.807) is 41.3 Å². The number of amides is 5. The Kier molecular flexibility index (Phi) is 5.03. The number of likely N-dealkylation sites (tertiary alicyclic amines) is 1. The van der Waals surface area contributed by atoms with Crippen LogP contribution in [0.1, 0.15) is 44.7 Å². The van der Waals surface area contributed by atoms with Crippen molar-refractivity contribution in [2.75, 3.05) is 26.7 Å². The number of benzene rings is 2. The molecule has 0 aromatic heterocycles. The fourth-order valence-electron chi connectivity index (χ4n) is 4.78. The van der Waals surface area contributed by atoms with Crippen LogP contribution in [0.4, 0.5) is 4.79 Å². The maximum atomic E-state index is 13.1. The summed E-state index contributed by atoms with van der Waals surface area (Å²) in [5.41, 5.74) is 0.921. The fourth-order valence-corrected chi connectivity index (χ4v) is 4.78. The first-order chi connectivity index (χ1) is 15.9. The van der Waals surface area contributed by atoms with Gasteiger partial charge in [0.25, 0.3) is 17.7 Å². The molecule has 33 heavy (non-hydrogen) atoms. The maximum absolute atomic E-state index is 13.1. The number of methoxy groups -OCH3 is 1. The van der Waals surface area contributed by atoms with E-state index in [0.717, 1.165) is 31.5 Å². The average molecular weight is 448 g/mol. The van der Waals surface area contributed by atoms with E-state index in [4.69, 9.17) is 4.74 Å². The van der Waals surface area contributed by atoms with Gasteiger partial charge in [0.1, 0.15) is 5.75 Å². The van der Waals surface area contributed by atoms with E-state index >= 15 is 0 Å². The lowest BCUT2D eigenvalue weighted by Gasteiger charge is -2.31. The van der Waals surface area contributed by atoms with Gasteiger partial charge in [0.15, 0.2) is 5.54 Å². The van der Waals surface area contributed by atoms with Gasteiger partial charge >= 0.3 is 6.03 Å². The lowest BCUT2D eigenvalue weighted by atomic mass is 9.88. The molecule has 1 atom stereocenters. The lowest BCUT2D eigenvalue weighted by molar-refractivity contribution is -0.124. The topological polar surface area (TPSA) is 108 Å². The number of urea groups is 1. The van der Waals surface area contributed by atoms with E-state index in [2.05, 4.69) is 10.6 Å². The van der Waals surface area contributed by atoms with Crippen LogP contribution in [0.3, 0.4) is 0 Å². The molecule has 2 aromatic rings. The second-order valence-electron chi connectivity index (χ2n) is 8.57. The Morgan fingerprint density at radius 1 is 1.06 bits per heavy atom. The first-order valence-corrected chi connectivity index (χ1v) is 10.9. The van der Waals surface area contributed by atoms with Gasteiger partial charge in [0, 0.05) is 30.8 Å². The van der Waals surface area contributed by atoms with Gasteiger partial charge in [-0.1, -0.05) is 18.2 Å². The Balaban J connectivity index is 1.44. The van der Waals surface area contributed by atoms with E-state index < -0.39 is 17.5 Å². The van der Waals surface area contributed by atoms with Gasteiger partial charge in [0.2, 0.25) is 0 Å². The number of carbonyl (C=O) groups is 4. The van der Waals surface area contributed by atoms with Crippen molar-refractivity contribution in [3.8, 4) is 5.75 Å². The standard InChI is InChI=1S/C24H24N4O5/c1-33-18-9-6-16-13-28(21(30)19(16)12-18)14-24(22(31)25-23(32)26-24)17-7-4-15(5-8-17)20(29)27-10-2-3-11-27/h4-9,12H,2-3,10-11,13-14H2,1H3,(H2,25,26,31,32)/t24-/m0/s1. The van der Waals surface area contributed by atoms with Crippen LogP contribution in [0.2, 0.25) is 0 Å². The van der Waals surface area contributed by atoms with Crippen LogP contribution < -0.4 is 15.4 Å². The molecule has 0 unspecified atom stereocenters. The molecule has 9 nitrogen and oxygen atoms in total. The molecule has 3 aliphatic rings. The summed E-state index contributed by atoms with van der Waals surface area (Å²) in [6.45, 7) is 1.76. The molecule has 0 saturated carbocycles. The maximum Gasteiger partial charge on any atom is 0.322 e. The number of rotatable bonds is 5. The zero-order valence-electron chi connectivity index (χ0n) is 18.2. The van der Waals surface area contributed by atoms with Crippen molar-refractivity contribution >= 4 is 23.8 Å². The third-order valence-electron chi connectivity index (χ3n) is 6.58. The van der Waals surface area contributed by atoms with E-state index in [9.17, 15) is 19.2 Å². The van der Waals surface area contributed by atoms with Crippen LogP contribution in [-0.4, -0.2) is 60.3 Å². The molecule has 0 bridgehead atoms. The number of ether oxygens (including phenoxy) is 1. The third-order valence-corrected chi connectivity index (χ3v) is 6.58. The van der Waals surface area contributed by atoms with Crippen LogP contribution in [0, 0.1) is 0 Å². The van der Waals surface area contributed by atoms with E-state index in [1.807, 2.05) is 11.0 Å². The van der Waals surface area contributed by atoms with Crippen molar-refractivity contribution in [1.82, 2.24) is 20.4 Å². The number of hydrogen-bond donors (Lipinski definition) is 2. The van der Waals surface area contributed by atoms with Crippen molar-refractivity contribution in [3.05, 3.63) is 64.7 Å². The molecule has 2 aromatic carbocycles. The highest BCUT2D eigenvalue weighted by Crippen LogP contribution is 2.32. The summed E-state index contributed by atoms with van der Waals surface area (Å²) in [7, 11) is 1.53.